The highest BCUT2D eigenvalue weighted by atomic mass is 19.1. The number of piperidine rings is 1. The Morgan fingerprint density at radius 3 is 2.29 bits per heavy atom. The van der Waals surface area contributed by atoms with Crippen molar-refractivity contribution in [1.29, 1.82) is 0 Å². The first kappa shape index (κ1) is 20.8. The van der Waals surface area contributed by atoms with E-state index in [9.17, 15) is 14.0 Å². The molecule has 0 unspecified atom stereocenters. The Labute approximate surface area is 180 Å². The van der Waals surface area contributed by atoms with Crippen LogP contribution in [0, 0.1) is 25.6 Å². The van der Waals surface area contributed by atoms with Gasteiger partial charge in [-0.1, -0.05) is 18.2 Å². The zero-order chi connectivity index (χ0) is 22.0. The number of rotatable bonds is 4. The van der Waals surface area contributed by atoms with E-state index in [1.807, 2.05) is 48.9 Å². The van der Waals surface area contributed by atoms with E-state index in [4.69, 9.17) is 0 Å². The topological polar surface area (TPSA) is 67.2 Å². The van der Waals surface area contributed by atoms with Gasteiger partial charge in [-0.25, -0.2) is 9.07 Å². The molecular formula is C24H25FN4O2. The summed E-state index contributed by atoms with van der Waals surface area (Å²) in [4.78, 5) is 27.2. The van der Waals surface area contributed by atoms with Gasteiger partial charge in [0.15, 0.2) is 0 Å². The van der Waals surface area contributed by atoms with Crippen LogP contribution in [0.25, 0.3) is 5.69 Å². The average molecular weight is 420 g/mol. The van der Waals surface area contributed by atoms with E-state index >= 15 is 0 Å². The van der Waals surface area contributed by atoms with Crippen LogP contribution in [0.3, 0.4) is 0 Å². The Kier molecular flexibility index (Phi) is 5.84. The molecule has 4 rings (SSSR count). The van der Waals surface area contributed by atoms with Crippen molar-refractivity contribution >= 4 is 17.5 Å². The van der Waals surface area contributed by atoms with E-state index in [2.05, 4.69) is 10.4 Å². The molecule has 0 aliphatic carbocycles. The fourth-order valence-electron chi connectivity index (χ4n) is 3.99. The predicted octanol–water partition coefficient (Wildman–Crippen LogP) is 4.12. The van der Waals surface area contributed by atoms with Gasteiger partial charge in [-0.05, 0) is 63.1 Å². The van der Waals surface area contributed by atoms with E-state index in [1.165, 1.54) is 24.3 Å². The number of carbonyl (C=O) groups is 2. The van der Waals surface area contributed by atoms with E-state index in [0.717, 1.165) is 22.8 Å². The molecule has 0 saturated carbocycles. The quantitative estimate of drug-likeness (QED) is 0.690. The summed E-state index contributed by atoms with van der Waals surface area (Å²) in [5, 5.41) is 7.63. The monoisotopic (exact) mass is 420 g/mol. The third-order valence-corrected chi connectivity index (χ3v) is 5.78. The van der Waals surface area contributed by atoms with Gasteiger partial charge in [-0.3, -0.25) is 9.59 Å². The lowest BCUT2D eigenvalue weighted by atomic mass is 9.95. The van der Waals surface area contributed by atoms with Crippen LogP contribution in [0.15, 0.2) is 54.6 Å². The minimum Gasteiger partial charge on any atom is -0.339 e. The molecule has 0 spiro atoms. The number of nitrogens with one attached hydrogen (secondary N) is 1. The molecule has 0 atom stereocenters. The van der Waals surface area contributed by atoms with Gasteiger partial charge in [-0.2, -0.15) is 5.10 Å². The Balaban J connectivity index is 1.39. The molecule has 0 radical (unpaired) electrons. The van der Waals surface area contributed by atoms with Crippen LogP contribution in [0.2, 0.25) is 0 Å². The van der Waals surface area contributed by atoms with Crippen molar-refractivity contribution in [2.75, 3.05) is 18.4 Å². The molecule has 1 fully saturated rings. The van der Waals surface area contributed by atoms with Crippen LogP contribution in [0.5, 0.6) is 0 Å². The molecule has 31 heavy (non-hydrogen) atoms. The second-order valence-corrected chi connectivity index (χ2v) is 7.86. The van der Waals surface area contributed by atoms with Gasteiger partial charge in [0.1, 0.15) is 5.82 Å². The zero-order valence-electron chi connectivity index (χ0n) is 17.6. The van der Waals surface area contributed by atoms with Gasteiger partial charge >= 0.3 is 0 Å². The molecule has 1 aromatic heterocycles. The minimum atomic E-state index is -0.367. The number of aryl methyl sites for hydroxylation is 1. The maximum absolute atomic E-state index is 13.1. The first-order chi connectivity index (χ1) is 14.9. The van der Waals surface area contributed by atoms with Crippen molar-refractivity contribution < 1.29 is 14.0 Å². The standard InChI is InChI=1S/C24H25FN4O2/c1-16-22(17(2)29(27-16)21-6-4-3-5-7-21)26-23(30)18-12-14-28(15-13-18)24(31)19-8-10-20(25)11-9-19/h3-11,18H,12-15H2,1-2H3,(H,26,30). The lowest BCUT2D eigenvalue weighted by Crippen LogP contribution is -2.41. The van der Waals surface area contributed by atoms with Crippen LogP contribution >= 0.6 is 0 Å². The molecule has 1 saturated heterocycles. The Morgan fingerprint density at radius 2 is 1.65 bits per heavy atom. The SMILES string of the molecule is Cc1nn(-c2ccccc2)c(C)c1NC(=O)C1CCN(C(=O)c2ccc(F)cc2)CC1. The van der Waals surface area contributed by atoms with Crippen LogP contribution in [-0.4, -0.2) is 39.6 Å². The molecule has 1 N–H and O–H groups in total. The smallest absolute Gasteiger partial charge is 0.253 e. The first-order valence-corrected chi connectivity index (χ1v) is 10.4. The summed E-state index contributed by atoms with van der Waals surface area (Å²) < 4.78 is 14.9. The Morgan fingerprint density at radius 1 is 1.00 bits per heavy atom. The molecule has 160 valence electrons. The largest absolute Gasteiger partial charge is 0.339 e. The summed E-state index contributed by atoms with van der Waals surface area (Å²) in [7, 11) is 0. The van der Waals surface area contributed by atoms with Gasteiger partial charge < -0.3 is 10.2 Å². The van der Waals surface area contributed by atoms with Crippen molar-refractivity contribution in [1.82, 2.24) is 14.7 Å². The van der Waals surface area contributed by atoms with Crippen molar-refractivity contribution in [3.05, 3.63) is 77.4 Å². The van der Waals surface area contributed by atoms with Crippen LogP contribution < -0.4 is 5.32 Å². The lowest BCUT2D eigenvalue weighted by molar-refractivity contribution is -0.121. The van der Waals surface area contributed by atoms with Gasteiger partial charge in [0.05, 0.1) is 22.8 Å². The van der Waals surface area contributed by atoms with Gasteiger partial charge in [0.25, 0.3) is 5.91 Å². The number of para-hydroxylation sites is 1. The van der Waals surface area contributed by atoms with Crippen molar-refractivity contribution in [3.8, 4) is 5.69 Å². The zero-order valence-corrected chi connectivity index (χ0v) is 17.6. The summed E-state index contributed by atoms with van der Waals surface area (Å²) >= 11 is 0. The number of amides is 2. The van der Waals surface area contributed by atoms with E-state index in [-0.39, 0.29) is 23.5 Å². The minimum absolute atomic E-state index is 0.0484. The fraction of sp³-hybridized carbons (Fsp3) is 0.292. The molecule has 2 amide bonds. The fourth-order valence-corrected chi connectivity index (χ4v) is 3.99. The summed E-state index contributed by atoms with van der Waals surface area (Å²) in [5.41, 5.74) is 3.78. The summed E-state index contributed by atoms with van der Waals surface area (Å²) in [6.45, 7) is 4.81. The third-order valence-electron chi connectivity index (χ3n) is 5.78. The highest BCUT2D eigenvalue weighted by Crippen LogP contribution is 2.26. The Bertz CT molecular complexity index is 1080. The summed E-state index contributed by atoms with van der Waals surface area (Å²) in [6.07, 6.45) is 1.17. The first-order valence-electron chi connectivity index (χ1n) is 10.4. The third kappa shape index (κ3) is 4.35. The van der Waals surface area contributed by atoms with Gasteiger partial charge in [0.2, 0.25) is 5.91 Å². The number of anilines is 1. The normalized spacial score (nSPS) is 14.5. The average Bonchev–Trinajstić information content (AvgIpc) is 3.08. The van der Waals surface area contributed by atoms with Crippen LogP contribution in [0.1, 0.15) is 34.6 Å². The maximum atomic E-state index is 13.1. The number of hydrogen-bond donors (Lipinski definition) is 1. The van der Waals surface area contributed by atoms with Gasteiger partial charge in [-0.15, -0.1) is 0 Å². The van der Waals surface area contributed by atoms with E-state index in [0.29, 0.717) is 31.5 Å². The second-order valence-electron chi connectivity index (χ2n) is 7.86. The molecule has 2 aromatic carbocycles. The van der Waals surface area contributed by atoms with Crippen molar-refractivity contribution in [2.45, 2.75) is 26.7 Å². The molecule has 6 nitrogen and oxygen atoms in total. The van der Waals surface area contributed by atoms with Crippen LogP contribution in [-0.2, 0) is 4.79 Å². The number of carbonyl (C=O) groups excluding carboxylic acids is 2. The number of halogens is 1. The molecular weight excluding hydrogens is 395 g/mol. The molecule has 1 aliphatic heterocycles. The lowest BCUT2D eigenvalue weighted by Gasteiger charge is -2.31. The predicted molar refractivity (Wildman–Crippen MR) is 117 cm³/mol. The molecule has 7 heteroatoms. The number of nitrogens with zero attached hydrogens (tertiary/aromatic N) is 3. The van der Waals surface area contributed by atoms with E-state index < -0.39 is 0 Å². The summed E-state index contributed by atoms with van der Waals surface area (Å²) in [5.74, 6) is -0.716. The number of likely N-dealkylation sites (tertiary alicyclic amines) is 1. The summed E-state index contributed by atoms with van der Waals surface area (Å²) in [6, 6.07) is 15.3. The van der Waals surface area contributed by atoms with Crippen molar-refractivity contribution in [2.24, 2.45) is 5.92 Å². The molecule has 0 bridgehead atoms. The number of benzene rings is 2. The molecule has 1 aliphatic rings. The maximum Gasteiger partial charge on any atom is 0.253 e. The van der Waals surface area contributed by atoms with E-state index in [1.54, 1.807) is 4.90 Å². The second kappa shape index (κ2) is 8.71. The van der Waals surface area contributed by atoms with Crippen molar-refractivity contribution in [3.63, 3.8) is 0 Å². The Hall–Kier alpha value is -3.48. The molecule has 3 aromatic rings. The molecule has 2 heterocycles. The van der Waals surface area contributed by atoms with Gasteiger partial charge in [0, 0.05) is 24.6 Å². The highest BCUT2D eigenvalue weighted by Gasteiger charge is 2.29. The highest BCUT2D eigenvalue weighted by molar-refractivity contribution is 5.95. The number of hydrogen-bond acceptors (Lipinski definition) is 3. The van der Waals surface area contributed by atoms with Crippen LogP contribution in [0.4, 0.5) is 10.1 Å². The number of aromatic nitrogens is 2.